The van der Waals surface area contributed by atoms with Crippen molar-refractivity contribution in [3.8, 4) is 0 Å². The summed E-state index contributed by atoms with van der Waals surface area (Å²) in [4.78, 5) is 11.3. The van der Waals surface area contributed by atoms with Gasteiger partial charge in [0.2, 0.25) is 0 Å². The van der Waals surface area contributed by atoms with Crippen LogP contribution in [0.15, 0.2) is 6.33 Å². The molecule has 104 valence electrons. The van der Waals surface area contributed by atoms with Gasteiger partial charge in [0.15, 0.2) is 0 Å². The minimum atomic E-state index is 0.680. The van der Waals surface area contributed by atoms with Crippen molar-refractivity contribution in [2.75, 3.05) is 16.9 Å². The first kappa shape index (κ1) is 12.7. The number of nitrogens with two attached hydrogens (primary N) is 1. The molecule has 0 aromatic carbocycles. The van der Waals surface area contributed by atoms with Gasteiger partial charge in [0.25, 0.3) is 0 Å². The molecule has 1 aromatic heterocycles. The maximum Gasteiger partial charge on any atom is 0.148 e. The third-order valence-electron chi connectivity index (χ3n) is 4.70. The third-order valence-corrected chi connectivity index (χ3v) is 4.70. The monoisotopic (exact) mass is 261 g/mol. The van der Waals surface area contributed by atoms with Crippen molar-refractivity contribution >= 4 is 11.6 Å². The number of hydrazine groups is 1. The molecule has 1 saturated carbocycles. The predicted molar refractivity (Wildman–Crippen MR) is 76.9 cm³/mol. The van der Waals surface area contributed by atoms with Gasteiger partial charge in [0, 0.05) is 18.2 Å². The van der Waals surface area contributed by atoms with Crippen LogP contribution in [0.4, 0.5) is 11.6 Å². The molecule has 2 unspecified atom stereocenters. The quantitative estimate of drug-likeness (QED) is 0.644. The van der Waals surface area contributed by atoms with E-state index in [1.54, 1.807) is 6.33 Å². The first-order valence-electron chi connectivity index (χ1n) is 7.42. The first-order valence-corrected chi connectivity index (χ1v) is 7.42. The van der Waals surface area contributed by atoms with Crippen LogP contribution in [-0.4, -0.2) is 22.6 Å². The van der Waals surface area contributed by atoms with E-state index in [9.17, 15) is 0 Å². The lowest BCUT2D eigenvalue weighted by atomic mass is 9.85. The van der Waals surface area contributed by atoms with Crippen molar-refractivity contribution in [1.29, 1.82) is 0 Å². The summed E-state index contributed by atoms with van der Waals surface area (Å²) in [5, 5.41) is 0. The number of fused-ring (bicyclic) bond motifs is 1. The van der Waals surface area contributed by atoms with E-state index in [0.29, 0.717) is 6.04 Å². The van der Waals surface area contributed by atoms with Gasteiger partial charge in [-0.25, -0.2) is 15.8 Å². The van der Waals surface area contributed by atoms with Crippen LogP contribution in [0.5, 0.6) is 0 Å². The van der Waals surface area contributed by atoms with Crippen molar-refractivity contribution in [2.24, 2.45) is 11.8 Å². The standard InChI is InChI=1S/C14H23N5/c1-2-11-13(18-15)16-9-17-14(11)19-8-7-10-5-3-4-6-12(10)19/h9-10,12H,2-8,15H2,1H3,(H,16,17,18). The lowest BCUT2D eigenvalue weighted by Crippen LogP contribution is -2.36. The summed E-state index contributed by atoms with van der Waals surface area (Å²) in [5.74, 6) is 8.30. The fourth-order valence-electron chi connectivity index (χ4n) is 3.77. The summed E-state index contributed by atoms with van der Waals surface area (Å²) >= 11 is 0. The molecule has 5 nitrogen and oxygen atoms in total. The molecule has 1 aromatic rings. The maximum absolute atomic E-state index is 5.57. The Morgan fingerprint density at radius 2 is 2.16 bits per heavy atom. The average Bonchev–Trinajstić information content (AvgIpc) is 2.90. The Morgan fingerprint density at radius 1 is 1.32 bits per heavy atom. The maximum atomic E-state index is 5.57. The molecule has 3 N–H and O–H groups in total. The van der Waals surface area contributed by atoms with Gasteiger partial charge < -0.3 is 10.3 Å². The van der Waals surface area contributed by atoms with Crippen LogP contribution in [-0.2, 0) is 6.42 Å². The van der Waals surface area contributed by atoms with E-state index in [4.69, 9.17) is 5.84 Å². The smallest absolute Gasteiger partial charge is 0.148 e. The van der Waals surface area contributed by atoms with Gasteiger partial charge in [-0.3, -0.25) is 0 Å². The van der Waals surface area contributed by atoms with E-state index in [1.807, 2.05) is 0 Å². The van der Waals surface area contributed by atoms with E-state index >= 15 is 0 Å². The minimum Gasteiger partial charge on any atom is -0.353 e. The van der Waals surface area contributed by atoms with Gasteiger partial charge in [-0.2, -0.15) is 0 Å². The van der Waals surface area contributed by atoms with Gasteiger partial charge in [0.05, 0.1) is 0 Å². The van der Waals surface area contributed by atoms with Crippen LogP contribution in [0.1, 0.15) is 44.6 Å². The highest BCUT2D eigenvalue weighted by atomic mass is 15.3. The SMILES string of the molecule is CCc1c(NN)ncnc1N1CCC2CCCCC21. The molecule has 2 fully saturated rings. The van der Waals surface area contributed by atoms with Gasteiger partial charge in [-0.1, -0.05) is 19.8 Å². The molecular weight excluding hydrogens is 238 g/mol. The lowest BCUT2D eigenvalue weighted by molar-refractivity contribution is 0.341. The zero-order valence-corrected chi connectivity index (χ0v) is 11.6. The summed E-state index contributed by atoms with van der Waals surface area (Å²) < 4.78 is 0. The summed E-state index contributed by atoms with van der Waals surface area (Å²) in [6, 6.07) is 0.680. The van der Waals surface area contributed by atoms with Gasteiger partial charge in [-0.05, 0) is 31.6 Å². The second-order valence-electron chi connectivity index (χ2n) is 5.62. The molecule has 5 heteroatoms. The van der Waals surface area contributed by atoms with Crippen LogP contribution in [0.3, 0.4) is 0 Å². The highest BCUT2D eigenvalue weighted by Gasteiger charge is 2.37. The minimum absolute atomic E-state index is 0.680. The van der Waals surface area contributed by atoms with Crippen molar-refractivity contribution in [2.45, 2.75) is 51.5 Å². The number of hydrogen-bond donors (Lipinski definition) is 2. The third kappa shape index (κ3) is 2.16. The van der Waals surface area contributed by atoms with Gasteiger partial charge in [-0.15, -0.1) is 0 Å². The van der Waals surface area contributed by atoms with Crippen LogP contribution in [0.25, 0.3) is 0 Å². The summed E-state index contributed by atoms with van der Waals surface area (Å²) in [6.45, 7) is 3.26. The fraction of sp³-hybridized carbons (Fsp3) is 0.714. The number of anilines is 2. The zero-order chi connectivity index (χ0) is 13.2. The molecule has 0 spiro atoms. The number of hydrogen-bond acceptors (Lipinski definition) is 5. The zero-order valence-electron chi connectivity index (χ0n) is 11.6. The molecule has 2 atom stereocenters. The Balaban J connectivity index is 1.93. The Bertz CT molecular complexity index is 447. The molecule has 0 radical (unpaired) electrons. The van der Waals surface area contributed by atoms with Gasteiger partial charge in [0.1, 0.15) is 18.0 Å². The predicted octanol–water partition coefficient (Wildman–Crippen LogP) is 2.09. The van der Waals surface area contributed by atoms with Crippen molar-refractivity contribution in [3.63, 3.8) is 0 Å². The Hall–Kier alpha value is -1.36. The number of nitrogens with zero attached hydrogens (tertiary/aromatic N) is 3. The summed E-state index contributed by atoms with van der Waals surface area (Å²) in [6.07, 6.45) is 9.28. The Kier molecular flexibility index (Phi) is 3.55. The normalized spacial score (nSPS) is 26.3. The summed E-state index contributed by atoms with van der Waals surface area (Å²) in [7, 11) is 0. The Morgan fingerprint density at radius 3 is 2.95 bits per heavy atom. The second-order valence-corrected chi connectivity index (χ2v) is 5.62. The van der Waals surface area contributed by atoms with E-state index in [1.165, 1.54) is 32.1 Å². The molecule has 2 heterocycles. The highest BCUT2D eigenvalue weighted by molar-refractivity contribution is 5.59. The van der Waals surface area contributed by atoms with E-state index in [2.05, 4.69) is 27.2 Å². The van der Waals surface area contributed by atoms with Crippen molar-refractivity contribution < 1.29 is 0 Å². The molecule has 1 saturated heterocycles. The second kappa shape index (κ2) is 5.33. The number of nitrogen functional groups attached to an aromatic ring is 1. The van der Waals surface area contributed by atoms with E-state index in [0.717, 1.165) is 36.1 Å². The molecule has 0 bridgehead atoms. The molecule has 19 heavy (non-hydrogen) atoms. The van der Waals surface area contributed by atoms with E-state index < -0.39 is 0 Å². The number of nitrogens with one attached hydrogen (secondary N) is 1. The first-order chi connectivity index (χ1) is 9.35. The topological polar surface area (TPSA) is 67.1 Å². The van der Waals surface area contributed by atoms with Gasteiger partial charge >= 0.3 is 0 Å². The highest BCUT2D eigenvalue weighted by Crippen LogP contribution is 2.39. The summed E-state index contributed by atoms with van der Waals surface area (Å²) in [5.41, 5.74) is 3.85. The van der Waals surface area contributed by atoms with Crippen LogP contribution in [0, 0.1) is 5.92 Å². The van der Waals surface area contributed by atoms with Crippen LogP contribution >= 0.6 is 0 Å². The van der Waals surface area contributed by atoms with E-state index in [-0.39, 0.29) is 0 Å². The van der Waals surface area contributed by atoms with Crippen LogP contribution in [0.2, 0.25) is 0 Å². The number of aromatic nitrogens is 2. The largest absolute Gasteiger partial charge is 0.353 e. The van der Waals surface area contributed by atoms with Crippen LogP contribution < -0.4 is 16.2 Å². The molecule has 3 rings (SSSR count). The lowest BCUT2D eigenvalue weighted by Gasteiger charge is -2.33. The molecule has 1 aliphatic heterocycles. The average molecular weight is 261 g/mol. The molecule has 2 aliphatic rings. The Labute approximate surface area is 114 Å². The fourth-order valence-corrected chi connectivity index (χ4v) is 3.77. The molecular formula is C14H23N5. The molecule has 0 amide bonds. The van der Waals surface area contributed by atoms with Crippen molar-refractivity contribution in [1.82, 2.24) is 9.97 Å². The van der Waals surface area contributed by atoms with Crippen molar-refractivity contribution in [3.05, 3.63) is 11.9 Å². The molecule has 1 aliphatic carbocycles. The number of rotatable bonds is 3.